The molecule has 1 aliphatic heterocycles. The van der Waals surface area contributed by atoms with Crippen molar-refractivity contribution in [3.8, 4) is 39.6 Å². The van der Waals surface area contributed by atoms with E-state index in [1.165, 1.54) is 99.8 Å². The van der Waals surface area contributed by atoms with Crippen LogP contribution < -0.4 is 4.57 Å². The van der Waals surface area contributed by atoms with Crippen LogP contribution in [-0.2, 0) is 6.54 Å². The molecule has 0 aliphatic carbocycles. The highest BCUT2D eigenvalue weighted by Gasteiger charge is 2.34. The van der Waals surface area contributed by atoms with Gasteiger partial charge in [0.1, 0.15) is 12.2 Å². The number of benzene rings is 9. The molecule has 0 radical (unpaired) electrons. The minimum atomic E-state index is 0.950. The van der Waals surface area contributed by atoms with E-state index < -0.39 is 0 Å². The van der Waals surface area contributed by atoms with Gasteiger partial charge < -0.3 is 9.13 Å². The molecule has 0 fully saturated rings. The van der Waals surface area contributed by atoms with Gasteiger partial charge in [0.05, 0.1) is 27.6 Å². The summed E-state index contributed by atoms with van der Waals surface area (Å²) in [6, 6.07) is 80.4. The van der Waals surface area contributed by atoms with Crippen molar-refractivity contribution in [3.63, 3.8) is 0 Å². The number of imidazole rings is 1. The lowest BCUT2D eigenvalue weighted by Gasteiger charge is -2.11. The third kappa shape index (κ3) is 5.35. The third-order valence-corrected chi connectivity index (χ3v) is 12.2. The van der Waals surface area contributed by atoms with Crippen molar-refractivity contribution in [3.05, 3.63) is 230 Å². The summed E-state index contributed by atoms with van der Waals surface area (Å²) < 4.78 is 9.52. The molecule has 4 nitrogen and oxygen atoms in total. The number of nitrogens with zero attached hydrogens (tertiary/aromatic N) is 4. The maximum atomic E-state index is 2.42. The molecule has 9 aromatic carbocycles. The van der Waals surface area contributed by atoms with Crippen molar-refractivity contribution in [1.29, 1.82) is 0 Å². The molecular formula is C56H39N4+. The molecule has 282 valence electrons. The zero-order valence-corrected chi connectivity index (χ0v) is 32.9. The van der Waals surface area contributed by atoms with Gasteiger partial charge >= 0.3 is 0 Å². The average molecular weight is 768 g/mol. The van der Waals surface area contributed by atoms with Crippen LogP contribution >= 0.6 is 0 Å². The lowest BCUT2D eigenvalue weighted by atomic mass is 10.0. The van der Waals surface area contributed by atoms with Gasteiger partial charge in [0.2, 0.25) is 0 Å². The number of para-hydroxylation sites is 7. The molecule has 0 spiro atoms. The van der Waals surface area contributed by atoms with Crippen LogP contribution in [-0.4, -0.2) is 13.7 Å². The quantitative estimate of drug-likeness (QED) is 0.159. The number of hydrogen-bond acceptors (Lipinski definition) is 0. The van der Waals surface area contributed by atoms with Crippen molar-refractivity contribution in [2.45, 2.75) is 6.54 Å². The van der Waals surface area contributed by atoms with E-state index in [9.17, 15) is 0 Å². The first kappa shape index (κ1) is 34.1. The van der Waals surface area contributed by atoms with E-state index in [1.54, 1.807) is 0 Å². The monoisotopic (exact) mass is 767 g/mol. The Morgan fingerprint density at radius 1 is 0.300 bits per heavy atom. The molecule has 0 saturated heterocycles. The maximum Gasteiger partial charge on any atom is 0.295 e. The summed E-state index contributed by atoms with van der Waals surface area (Å²) in [5, 5.41) is 5.14. The average Bonchev–Trinajstić information content (AvgIpc) is 4.06. The van der Waals surface area contributed by atoms with Crippen molar-refractivity contribution < 1.29 is 4.57 Å². The molecule has 4 heteroatoms. The summed E-state index contributed by atoms with van der Waals surface area (Å²) in [7, 11) is 0. The summed E-state index contributed by atoms with van der Waals surface area (Å²) in [5.41, 5.74) is 16.2. The van der Waals surface area contributed by atoms with Crippen LogP contribution in [0, 0.1) is 0 Å². The molecule has 1 aliphatic rings. The molecule has 0 unspecified atom stereocenters. The molecule has 0 amide bonds. The van der Waals surface area contributed by atoms with Crippen LogP contribution in [0.15, 0.2) is 224 Å². The Balaban J connectivity index is 0.000000149. The Labute approximate surface area is 347 Å². The zero-order valence-electron chi connectivity index (χ0n) is 32.9. The zero-order chi connectivity index (χ0) is 39.6. The predicted molar refractivity (Wildman–Crippen MR) is 249 cm³/mol. The fourth-order valence-corrected chi connectivity index (χ4v) is 9.55. The van der Waals surface area contributed by atoms with Gasteiger partial charge in [-0.05, 0) is 90.0 Å². The molecule has 3 aromatic heterocycles. The minimum absolute atomic E-state index is 0.950. The Morgan fingerprint density at radius 3 is 1.18 bits per heavy atom. The van der Waals surface area contributed by atoms with E-state index >= 15 is 0 Å². The molecule has 60 heavy (non-hydrogen) atoms. The second kappa shape index (κ2) is 13.9. The van der Waals surface area contributed by atoms with Gasteiger partial charge in [-0.1, -0.05) is 146 Å². The Hall–Kier alpha value is -7.95. The molecule has 0 atom stereocenters. The van der Waals surface area contributed by atoms with Gasteiger partial charge in [-0.2, -0.15) is 4.57 Å². The standard InChI is InChI=1S/C36H24N2.C20H15N2/c1-5-13-33-29(9-1)30-10-2-6-14-34(30)37(33)27-21-17-25(18-22-27)26-19-23-28(24-20-26)38-35-15-7-3-11-31(35)32-12-4-8-16-36(32)38;1-2-9-16(10-3-1)22-19-13-7-6-12-18(19)21-14-15-8-4-5-11-17(15)20(21)22/h1-24H;1-13H,14H2/q;+1. The van der Waals surface area contributed by atoms with Crippen LogP contribution in [0.1, 0.15) is 5.56 Å². The van der Waals surface area contributed by atoms with Crippen LogP contribution in [0.5, 0.6) is 0 Å². The Morgan fingerprint density at radius 2 is 0.683 bits per heavy atom. The summed E-state index contributed by atoms with van der Waals surface area (Å²) in [6.07, 6.45) is 0. The fourth-order valence-electron chi connectivity index (χ4n) is 9.55. The van der Waals surface area contributed by atoms with Crippen molar-refractivity contribution in [2.24, 2.45) is 0 Å². The van der Waals surface area contributed by atoms with E-state index in [-0.39, 0.29) is 0 Å². The summed E-state index contributed by atoms with van der Waals surface area (Å²) in [6.45, 7) is 0.950. The number of rotatable bonds is 4. The topological polar surface area (TPSA) is 18.7 Å². The lowest BCUT2D eigenvalue weighted by molar-refractivity contribution is -0.645. The predicted octanol–water partition coefficient (Wildman–Crippen LogP) is 13.5. The molecule has 12 aromatic rings. The number of fused-ring (bicyclic) bond motifs is 11. The van der Waals surface area contributed by atoms with E-state index in [0.717, 1.165) is 6.54 Å². The fraction of sp³-hybridized carbons (Fsp3) is 0.0179. The SMILES string of the molecule is c1ccc(-n2c3[n+](c4ccccc42)Cc2ccccc2-3)cc1.c1ccc2c(c1)c1ccccc1n2-c1ccc(-c2ccc(-n3c4ccccc4c4ccccc43)cc2)cc1. The first-order chi connectivity index (χ1) is 29.8. The van der Waals surface area contributed by atoms with Crippen molar-refractivity contribution >= 4 is 54.6 Å². The highest BCUT2D eigenvalue weighted by Crippen LogP contribution is 2.36. The van der Waals surface area contributed by atoms with Crippen LogP contribution in [0.3, 0.4) is 0 Å². The van der Waals surface area contributed by atoms with Gasteiger partial charge in [-0.25, -0.2) is 4.57 Å². The molecule has 13 rings (SSSR count). The summed E-state index contributed by atoms with van der Waals surface area (Å²) in [5.74, 6) is 1.28. The van der Waals surface area contributed by atoms with Gasteiger partial charge in [0.25, 0.3) is 5.82 Å². The van der Waals surface area contributed by atoms with Gasteiger partial charge in [-0.3, -0.25) is 0 Å². The molecule has 4 heterocycles. The largest absolute Gasteiger partial charge is 0.309 e. The molecule has 0 bridgehead atoms. The van der Waals surface area contributed by atoms with Crippen LogP contribution in [0.2, 0.25) is 0 Å². The maximum absolute atomic E-state index is 2.42. The second-order valence-corrected chi connectivity index (χ2v) is 15.6. The number of aromatic nitrogens is 4. The summed E-state index contributed by atoms with van der Waals surface area (Å²) >= 11 is 0. The van der Waals surface area contributed by atoms with Crippen molar-refractivity contribution in [1.82, 2.24) is 13.7 Å². The first-order valence-corrected chi connectivity index (χ1v) is 20.6. The van der Waals surface area contributed by atoms with Gasteiger partial charge in [-0.15, -0.1) is 0 Å². The summed E-state index contributed by atoms with van der Waals surface area (Å²) in [4.78, 5) is 0. The smallest absolute Gasteiger partial charge is 0.295 e. The molecule has 0 N–H and O–H groups in total. The van der Waals surface area contributed by atoms with Gasteiger partial charge in [0, 0.05) is 38.5 Å². The highest BCUT2D eigenvalue weighted by atomic mass is 15.2. The number of hydrogen-bond donors (Lipinski definition) is 0. The van der Waals surface area contributed by atoms with E-state index in [2.05, 4.69) is 243 Å². The van der Waals surface area contributed by atoms with Crippen LogP contribution in [0.4, 0.5) is 0 Å². The van der Waals surface area contributed by atoms with Gasteiger partial charge in [0.15, 0.2) is 11.0 Å². The third-order valence-electron chi connectivity index (χ3n) is 12.2. The van der Waals surface area contributed by atoms with Crippen LogP contribution in [0.25, 0.3) is 94.2 Å². The van der Waals surface area contributed by atoms with E-state index in [0.29, 0.717) is 0 Å². The lowest BCUT2D eigenvalue weighted by Crippen LogP contribution is -2.31. The Kier molecular flexibility index (Phi) is 7.88. The Bertz CT molecular complexity index is 3290. The minimum Gasteiger partial charge on any atom is -0.309 e. The second-order valence-electron chi connectivity index (χ2n) is 15.6. The first-order valence-electron chi connectivity index (χ1n) is 20.6. The molecular weight excluding hydrogens is 729 g/mol. The molecule has 0 saturated carbocycles. The normalized spacial score (nSPS) is 11.9. The highest BCUT2D eigenvalue weighted by molar-refractivity contribution is 6.10. The van der Waals surface area contributed by atoms with E-state index in [4.69, 9.17) is 0 Å². The van der Waals surface area contributed by atoms with E-state index in [1.807, 2.05) is 0 Å². The van der Waals surface area contributed by atoms with Crippen molar-refractivity contribution in [2.75, 3.05) is 0 Å².